The molecule has 94 valence electrons. The molecular weight excluding hydrogens is 248 g/mol. The van der Waals surface area contributed by atoms with E-state index in [0.29, 0.717) is 17.8 Å². The molecule has 0 saturated carbocycles. The Kier molecular flexibility index (Phi) is 3.57. The summed E-state index contributed by atoms with van der Waals surface area (Å²) >= 11 is 1.52. The predicted octanol–water partition coefficient (Wildman–Crippen LogP) is 1.67. The molecule has 2 rings (SSSR count). The standard InChI is InChI=1S/C12H14N4OS/c1-7-3-10(13)9(4-14-7)12(17)15-5-11-16-8(2)6-18-11/h3-4,6H,5H2,1-2H3,(H2,13,14)(H,15,17). The molecule has 0 unspecified atom stereocenters. The molecule has 0 fully saturated rings. The number of hydrogen-bond donors (Lipinski definition) is 2. The number of aryl methyl sites for hydroxylation is 2. The summed E-state index contributed by atoms with van der Waals surface area (Å²) in [5.74, 6) is -0.229. The smallest absolute Gasteiger partial charge is 0.255 e. The molecule has 18 heavy (non-hydrogen) atoms. The van der Waals surface area contributed by atoms with Crippen molar-refractivity contribution in [3.8, 4) is 0 Å². The van der Waals surface area contributed by atoms with Crippen molar-refractivity contribution in [1.82, 2.24) is 15.3 Å². The summed E-state index contributed by atoms with van der Waals surface area (Å²) in [6.07, 6.45) is 1.49. The molecule has 0 aromatic carbocycles. The Labute approximate surface area is 109 Å². The van der Waals surface area contributed by atoms with E-state index in [-0.39, 0.29) is 5.91 Å². The van der Waals surface area contributed by atoms with Crippen molar-refractivity contribution in [1.29, 1.82) is 0 Å². The van der Waals surface area contributed by atoms with Crippen molar-refractivity contribution in [2.24, 2.45) is 0 Å². The molecule has 2 aromatic rings. The number of rotatable bonds is 3. The average molecular weight is 262 g/mol. The maximum absolute atomic E-state index is 11.9. The molecule has 6 heteroatoms. The first-order valence-electron chi connectivity index (χ1n) is 5.47. The number of nitrogen functional groups attached to an aromatic ring is 1. The fourth-order valence-corrected chi connectivity index (χ4v) is 2.22. The largest absolute Gasteiger partial charge is 0.398 e. The molecule has 0 aliphatic carbocycles. The number of pyridine rings is 1. The monoisotopic (exact) mass is 262 g/mol. The van der Waals surface area contributed by atoms with Crippen LogP contribution in [0.5, 0.6) is 0 Å². The van der Waals surface area contributed by atoms with Crippen LogP contribution in [0.2, 0.25) is 0 Å². The molecule has 0 aliphatic rings. The Morgan fingerprint density at radius 1 is 1.44 bits per heavy atom. The molecule has 0 spiro atoms. The van der Waals surface area contributed by atoms with Gasteiger partial charge in [0.15, 0.2) is 0 Å². The van der Waals surface area contributed by atoms with E-state index in [4.69, 9.17) is 5.73 Å². The average Bonchev–Trinajstić information content (AvgIpc) is 2.72. The van der Waals surface area contributed by atoms with Crippen LogP contribution in [-0.4, -0.2) is 15.9 Å². The van der Waals surface area contributed by atoms with Crippen molar-refractivity contribution >= 4 is 22.9 Å². The van der Waals surface area contributed by atoms with E-state index in [9.17, 15) is 4.79 Å². The number of hydrogen-bond acceptors (Lipinski definition) is 5. The van der Waals surface area contributed by atoms with Gasteiger partial charge in [-0.05, 0) is 19.9 Å². The van der Waals surface area contributed by atoms with Crippen molar-refractivity contribution in [3.63, 3.8) is 0 Å². The number of nitrogens with zero attached hydrogens (tertiary/aromatic N) is 2. The Morgan fingerprint density at radius 3 is 2.83 bits per heavy atom. The van der Waals surface area contributed by atoms with Gasteiger partial charge in [0, 0.05) is 28.7 Å². The Hall–Kier alpha value is -1.95. The second-order valence-corrected chi connectivity index (χ2v) is 4.92. The molecule has 0 aliphatic heterocycles. The van der Waals surface area contributed by atoms with E-state index < -0.39 is 0 Å². The van der Waals surface area contributed by atoms with Crippen LogP contribution in [0.1, 0.15) is 26.8 Å². The third-order valence-corrected chi connectivity index (χ3v) is 3.35. The van der Waals surface area contributed by atoms with Crippen LogP contribution >= 0.6 is 11.3 Å². The minimum atomic E-state index is -0.229. The van der Waals surface area contributed by atoms with Crippen LogP contribution < -0.4 is 11.1 Å². The molecule has 0 saturated heterocycles. The number of aromatic nitrogens is 2. The number of carbonyl (C=O) groups is 1. The lowest BCUT2D eigenvalue weighted by molar-refractivity contribution is 0.0951. The van der Waals surface area contributed by atoms with Crippen LogP contribution in [0, 0.1) is 13.8 Å². The first kappa shape index (κ1) is 12.5. The molecular formula is C12H14N4OS. The lowest BCUT2D eigenvalue weighted by Crippen LogP contribution is -2.24. The first-order valence-corrected chi connectivity index (χ1v) is 6.35. The number of nitrogens with two attached hydrogens (primary N) is 1. The minimum absolute atomic E-state index is 0.229. The number of carbonyl (C=O) groups excluding carboxylic acids is 1. The topological polar surface area (TPSA) is 80.9 Å². The Bertz CT molecular complexity index is 579. The summed E-state index contributed by atoms with van der Waals surface area (Å²) in [4.78, 5) is 20.2. The van der Waals surface area contributed by atoms with E-state index in [1.807, 2.05) is 19.2 Å². The van der Waals surface area contributed by atoms with E-state index >= 15 is 0 Å². The lowest BCUT2D eigenvalue weighted by Gasteiger charge is -2.06. The molecule has 1 amide bonds. The summed E-state index contributed by atoms with van der Waals surface area (Å²) in [6, 6.07) is 1.68. The highest BCUT2D eigenvalue weighted by molar-refractivity contribution is 7.09. The van der Waals surface area contributed by atoms with Gasteiger partial charge in [0.2, 0.25) is 0 Å². The molecule has 2 heterocycles. The van der Waals surface area contributed by atoms with Gasteiger partial charge in [-0.1, -0.05) is 0 Å². The maximum Gasteiger partial charge on any atom is 0.255 e. The molecule has 0 radical (unpaired) electrons. The SMILES string of the molecule is Cc1cc(N)c(C(=O)NCc2nc(C)cs2)cn1. The zero-order valence-electron chi connectivity index (χ0n) is 10.2. The molecule has 2 aromatic heterocycles. The van der Waals surface area contributed by atoms with Gasteiger partial charge in [0.05, 0.1) is 12.1 Å². The van der Waals surface area contributed by atoms with Crippen LogP contribution in [0.4, 0.5) is 5.69 Å². The fourth-order valence-electron chi connectivity index (χ4n) is 1.51. The van der Waals surface area contributed by atoms with E-state index in [1.54, 1.807) is 6.07 Å². The maximum atomic E-state index is 11.9. The van der Waals surface area contributed by atoms with Crippen LogP contribution in [-0.2, 0) is 6.54 Å². The zero-order chi connectivity index (χ0) is 13.1. The molecule has 5 nitrogen and oxygen atoms in total. The van der Waals surface area contributed by atoms with Crippen molar-refractivity contribution in [3.05, 3.63) is 39.6 Å². The molecule has 0 atom stereocenters. The third kappa shape index (κ3) is 2.84. The first-order chi connectivity index (χ1) is 8.56. The second kappa shape index (κ2) is 5.14. The van der Waals surface area contributed by atoms with Gasteiger partial charge in [0.1, 0.15) is 5.01 Å². The third-order valence-electron chi connectivity index (χ3n) is 2.38. The summed E-state index contributed by atoms with van der Waals surface area (Å²) < 4.78 is 0. The van der Waals surface area contributed by atoms with Gasteiger partial charge >= 0.3 is 0 Å². The lowest BCUT2D eigenvalue weighted by atomic mass is 10.2. The van der Waals surface area contributed by atoms with E-state index in [2.05, 4.69) is 15.3 Å². The predicted molar refractivity (Wildman–Crippen MR) is 71.4 cm³/mol. The Morgan fingerprint density at radius 2 is 2.22 bits per heavy atom. The number of amides is 1. The van der Waals surface area contributed by atoms with Gasteiger partial charge in [-0.3, -0.25) is 9.78 Å². The normalized spacial score (nSPS) is 10.3. The van der Waals surface area contributed by atoms with Gasteiger partial charge in [-0.15, -0.1) is 11.3 Å². The van der Waals surface area contributed by atoms with Crippen LogP contribution in [0.15, 0.2) is 17.6 Å². The Balaban J connectivity index is 2.03. The van der Waals surface area contributed by atoms with Crippen molar-refractivity contribution < 1.29 is 4.79 Å². The summed E-state index contributed by atoms with van der Waals surface area (Å²) in [6.45, 7) is 4.16. The van der Waals surface area contributed by atoms with Gasteiger partial charge < -0.3 is 11.1 Å². The highest BCUT2D eigenvalue weighted by Crippen LogP contribution is 2.12. The van der Waals surface area contributed by atoms with Gasteiger partial charge in [-0.25, -0.2) is 4.98 Å². The number of anilines is 1. The summed E-state index contributed by atoms with van der Waals surface area (Å²) in [7, 11) is 0. The van der Waals surface area contributed by atoms with Crippen LogP contribution in [0.3, 0.4) is 0 Å². The van der Waals surface area contributed by atoms with E-state index in [1.165, 1.54) is 17.5 Å². The number of thiazole rings is 1. The minimum Gasteiger partial charge on any atom is -0.398 e. The number of nitrogens with one attached hydrogen (secondary N) is 1. The van der Waals surface area contributed by atoms with Crippen LogP contribution in [0.25, 0.3) is 0 Å². The van der Waals surface area contributed by atoms with Gasteiger partial charge in [-0.2, -0.15) is 0 Å². The molecule has 3 N–H and O–H groups in total. The fraction of sp³-hybridized carbons (Fsp3) is 0.250. The highest BCUT2D eigenvalue weighted by atomic mass is 32.1. The molecule has 0 bridgehead atoms. The second-order valence-electron chi connectivity index (χ2n) is 3.98. The van der Waals surface area contributed by atoms with Crippen molar-refractivity contribution in [2.75, 3.05) is 5.73 Å². The van der Waals surface area contributed by atoms with Gasteiger partial charge in [0.25, 0.3) is 5.91 Å². The summed E-state index contributed by atoms with van der Waals surface area (Å²) in [5.41, 5.74) is 8.37. The quantitative estimate of drug-likeness (QED) is 0.881. The van der Waals surface area contributed by atoms with Crippen molar-refractivity contribution in [2.45, 2.75) is 20.4 Å². The highest BCUT2D eigenvalue weighted by Gasteiger charge is 2.10. The zero-order valence-corrected chi connectivity index (χ0v) is 11.0. The summed E-state index contributed by atoms with van der Waals surface area (Å²) in [5, 5.41) is 5.60. The van der Waals surface area contributed by atoms with E-state index in [0.717, 1.165) is 16.4 Å².